The zero-order valence-electron chi connectivity index (χ0n) is 14.3. The van der Waals surface area contributed by atoms with E-state index in [2.05, 4.69) is 16.1 Å². The van der Waals surface area contributed by atoms with Gasteiger partial charge in [0.15, 0.2) is 0 Å². The van der Waals surface area contributed by atoms with Crippen LogP contribution in [0.25, 0.3) is 0 Å². The zero-order valence-corrected chi connectivity index (χ0v) is 14.3. The van der Waals surface area contributed by atoms with Crippen LogP contribution in [0.3, 0.4) is 0 Å². The average Bonchev–Trinajstić information content (AvgIpc) is 2.56. The third kappa shape index (κ3) is 5.98. The minimum absolute atomic E-state index is 0.104. The third-order valence-corrected chi connectivity index (χ3v) is 4.31. The predicted octanol–water partition coefficient (Wildman–Crippen LogP) is 3.06. The molecular weight excluding hydrogens is 328 g/mol. The Hall–Kier alpha value is -2.20. The normalized spacial score (nSPS) is 16.5. The van der Waals surface area contributed by atoms with Crippen molar-refractivity contribution in [2.45, 2.75) is 50.8 Å². The first-order valence-electron chi connectivity index (χ1n) is 8.37. The van der Waals surface area contributed by atoms with Crippen LogP contribution in [0.4, 0.5) is 8.78 Å². The molecule has 1 N–H and O–H groups in total. The number of benzene rings is 1. The minimum atomic E-state index is -2.84. The Balaban J connectivity index is 1.83. The average molecular weight is 351 g/mol. The van der Waals surface area contributed by atoms with E-state index in [1.54, 1.807) is 19.2 Å². The SMILES string of the molecule is CN(CC(=O)NC1(C#N)CCCCC1)Cc1ccc(OC(F)F)cc1. The summed E-state index contributed by atoms with van der Waals surface area (Å²) in [5, 5.41) is 12.3. The quantitative estimate of drug-likeness (QED) is 0.820. The molecule has 0 radical (unpaired) electrons. The van der Waals surface area contributed by atoms with E-state index >= 15 is 0 Å². The van der Waals surface area contributed by atoms with E-state index in [9.17, 15) is 18.8 Å². The molecule has 7 heteroatoms. The maximum absolute atomic E-state index is 12.2. The fourth-order valence-corrected chi connectivity index (χ4v) is 3.12. The van der Waals surface area contributed by atoms with Crippen molar-refractivity contribution in [3.05, 3.63) is 29.8 Å². The van der Waals surface area contributed by atoms with E-state index < -0.39 is 12.2 Å². The molecular formula is C18H23F2N3O2. The van der Waals surface area contributed by atoms with Gasteiger partial charge < -0.3 is 10.1 Å². The summed E-state index contributed by atoms with van der Waals surface area (Å²) in [4.78, 5) is 14.1. The molecule has 1 aliphatic carbocycles. The summed E-state index contributed by atoms with van der Waals surface area (Å²) in [5.74, 6) is -0.0731. The van der Waals surface area contributed by atoms with E-state index in [1.165, 1.54) is 12.1 Å². The molecule has 0 saturated heterocycles. The summed E-state index contributed by atoms with van der Waals surface area (Å²) in [7, 11) is 1.79. The van der Waals surface area contributed by atoms with E-state index in [1.807, 2.05) is 4.90 Å². The van der Waals surface area contributed by atoms with Gasteiger partial charge in [-0.25, -0.2) is 0 Å². The van der Waals surface area contributed by atoms with Crippen LogP contribution < -0.4 is 10.1 Å². The summed E-state index contributed by atoms with van der Waals surface area (Å²) < 4.78 is 28.6. The molecule has 0 aromatic heterocycles. The second kappa shape index (κ2) is 8.77. The van der Waals surface area contributed by atoms with Gasteiger partial charge in [0.25, 0.3) is 0 Å². The van der Waals surface area contributed by atoms with Crippen molar-refractivity contribution < 1.29 is 18.3 Å². The Bertz CT molecular complexity index is 608. The van der Waals surface area contributed by atoms with Crippen LogP contribution in [0.1, 0.15) is 37.7 Å². The highest BCUT2D eigenvalue weighted by Crippen LogP contribution is 2.27. The molecule has 1 aromatic carbocycles. The van der Waals surface area contributed by atoms with Gasteiger partial charge >= 0.3 is 6.61 Å². The molecule has 1 aliphatic rings. The Morgan fingerprint density at radius 2 is 1.96 bits per heavy atom. The molecule has 1 fully saturated rings. The van der Waals surface area contributed by atoms with E-state index in [4.69, 9.17) is 0 Å². The number of rotatable bonds is 7. The Labute approximate surface area is 146 Å². The van der Waals surface area contributed by atoms with Crippen molar-refractivity contribution in [1.82, 2.24) is 10.2 Å². The van der Waals surface area contributed by atoms with Gasteiger partial charge in [-0.05, 0) is 37.6 Å². The van der Waals surface area contributed by atoms with E-state index in [-0.39, 0.29) is 18.2 Å². The van der Waals surface area contributed by atoms with Gasteiger partial charge in [-0.15, -0.1) is 0 Å². The lowest BCUT2D eigenvalue weighted by Gasteiger charge is -2.32. The monoisotopic (exact) mass is 351 g/mol. The predicted molar refractivity (Wildman–Crippen MR) is 89.0 cm³/mol. The number of halogens is 2. The van der Waals surface area contributed by atoms with Gasteiger partial charge in [0.2, 0.25) is 5.91 Å². The number of carbonyl (C=O) groups excluding carboxylic acids is 1. The lowest BCUT2D eigenvalue weighted by molar-refractivity contribution is -0.123. The first-order valence-corrected chi connectivity index (χ1v) is 8.37. The van der Waals surface area contributed by atoms with Crippen molar-refractivity contribution in [2.75, 3.05) is 13.6 Å². The number of likely N-dealkylation sites (N-methyl/N-ethyl adjacent to an activating group) is 1. The summed E-state index contributed by atoms with van der Waals surface area (Å²) in [6, 6.07) is 8.59. The summed E-state index contributed by atoms with van der Waals surface area (Å²) in [6.45, 7) is -2.19. The van der Waals surface area contributed by atoms with Crippen LogP contribution in [0.15, 0.2) is 24.3 Å². The van der Waals surface area contributed by atoms with Gasteiger partial charge in [-0.3, -0.25) is 9.69 Å². The second-order valence-corrected chi connectivity index (χ2v) is 6.50. The van der Waals surface area contributed by atoms with Gasteiger partial charge in [0, 0.05) is 6.54 Å². The Morgan fingerprint density at radius 3 is 2.52 bits per heavy atom. The molecule has 1 saturated carbocycles. The molecule has 1 amide bonds. The summed E-state index contributed by atoms with van der Waals surface area (Å²) >= 11 is 0. The molecule has 0 aliphatic heterocycles. The van der Waals surface area contributed by atoms with Gasteiger partial charge in [0.1, 0.15) is 11.3 Å². The highest BCUT2D eigenvalue weighted by atomic mass is 19.3. The van der Waals surface area contributed by atoms with Gasteiger partial charge in [0.05, 0.1) is 12.6 Å². The molecule has 0 atom stereocenters. The lowest BCUT2D eigenvalue weighted by atomic mass is 9.83. The fourth-order valence-electron chi connectivity index (χ4n) is 3.12. The zero-order chi connectivity index (χ0) is 18.3. The first-order chi connectivity index (χ1) is 11.9. The maximum atomic E-state index is 12.2. The topological polar surface area (TPSA) is 65.4 Å². The molecule has 0 spiro atoms. The summed E-state index contributed by atoms with van der Waals surface area (Å²) in [5.41, 5.74) is 0.148. The van der Waals surface area contributed by atoms with Crippen molar-refractivity contribution in [3.8, 4) is 11.8 Å². The Kier molecular flexibility index (Phi) is 6.71. The van der Waals surface area contributed by atoms with E-state index in [0.717, 1.165) is 24.8 Å². The first kappa shape index (κ1) is 19.1. The fraction of sp³-hybridized carbons (Fsp3) is 0.556. The molecule has 5 nitrogen and oxygen atoms in total. The van der Waals surface area contributed by atoms with Crippen molar-refractivity contribution in [3.63, 3.8) is 0 Å². The number of amides is 1. The van der Waals surface area contributed by atoms with Crippen LogP contribution in [-0.4, -0.2) is 36.5 Å². The smallest absolute Gasteiger partial charge is 0.387 e. The number of nitrogens with one attached hydrogen (secondary N) is 1. The minimum Gasteiger partial charge on any atom is -0.435 e. The van der Waals surface area contributed by atoms with E-state index in [0.29, 0.717) is 19.4 Å². The third-order valence-electron chi connectivity index (χ3n) is 4.31. The number of nitrogens with zero attached hydrogens (tertiary/aromatic N) is 2. The molecule has 2 rings (SSSR count). The van der Waals surface area contributed by atoms with Crippen molar-refractivity contribution in [1.29, 1.82) is 5.26 Å². The Morgan fingerprint density at radius 1 is 1.32 bits per heavy atom. The van der Waals surface area contributed by atoms with Crippen LogP contribution in [0.5, 0.6) is 5.75 Å². The molecule has 0 bridgehead atoms. The number of hydrogen-bond donors (Lipinski definition) is 1. The maximum Gasteiger partial charge on any atom is 0.387 e. The van der Waals surface area contributed by atoms with Gasteiger partial charge in [-0.1, -0.05) is 31.4 Å². The number of carbonyl (C=O) groups is 1. The largest absolute Gasteiger partial charge is 0.435 e. The number of nitriles is 1. The molecule has 0 unspecified atom stereocenters. The van der Waals surface area contributed by atoms with Crippen LogP contribution in [0, 0.1) is 11.3 Å². The number of alkyl halides is 2. The highest BCUT2D eigenvalue weighted by Gasteiger charge is 2.33. The van der Waals surface area contributed by atoms with Gasteiger partial charge in [-0.2, -0.15) is 14.0 Å². The molecule has 25 heavy (non-hydrogen) atoms. The number of hydrogen-bond acceptors (Lipinski definition) is 4. The van der Waals surface area contributed by atoms with Crippen LogP contribution >= 0.6 is 0 Å². The molecule has 136 valence electrons. The highest BCUT2D eigenvalue weighted by molar-refractivity contribution is 5.79. The molecule has 0 heterocycles. The van der Waals surface area contributed by atoms with Crippen LogP contribution in [-0.2, 0) is 11.3 Å². The lowest BCUT2D eigenvalue weighted by Crippen LogP contribution is -2.51. The molecule has 1 aromatic rings. The van der Waals surface area contributed by atoms with Crippen LogP contribution in [0.2, 0.25) is 0 Å². The standard InChI is InChI=1S/C18H23F2N3O2/c1-23(11-14-5-7-15(8-6-14)25-17(19)20)12-16(24)22-18(13-21)9-3-2-4-10-18/h5-8,17H,2-4,9-12H2,1H3,(H,22,24). The van der Waals surface area contributed by atoms with Crippen molar-refractivity contribution >= 4 is 5.91 Å². The second-order valence-electron chi connectivity index (χ2n) is 6.50. The van der Waals surface area contributed by atoms with Crippen molar-refractivity contribution in [2.24, 2.45) is 0 Å². The number of ether oxygens (including phenoxy) is 1. The summed E-state index contributed by atoms with van der Waals surface area (Å²) in [6.07, 6.45) is 4.41.